The fourth-order valence-corrected chi connectivity index (χ4v) is 3.34. The minimum atomic E-state index is 0.694. The van der Waals surface area contributed by atoms with Gasteiger partial charge in [-0.25, -0.2) is 9.98 Å². The van der Waals surface area contributed by atoms with Gasteiger partial charge >= 0.3 is 0 Å². The van der Waals surface area contributed by atoms with Gasteiger partial charge in [0, 0.05) is 11.4 Å². The van der Waals surface area contributed by atoms with E-state index in [2.05, 4.69) is 60.7 Å². The number of aryl methyl sites for hydroxylation is 3. The Balaban J connectivity index is 2.03. The standard InChI is InChI=1S/C18H26N4S/c1-5-15-9-7-8-10-16(15)11-20-18(19-6-2)21-12-17-13(3)22-14(4)23-17/h7-10H,5-6,11-12H2,1-4H3,(H2,19,20,21). The molecule has 1 heterocycles. The fraction of sp³-hybridized carbons (Fsp3) is 0.444. The van der Waals surface area contributed by atoms with Gasteiger partial charge in [0.2, 0.25) is 0 Å². The van der Waals surface area contributed by atoms with Crippen LogP contribution in [0.1, 0.15) is 40.6 Å². The molecule has 0 radical (unpaired) electrons. The third-order valence-electron chi connectivity index (χ3n) is 3.67. The van der Waals surface area contributed by atoms with Crippen LogP contribution in [0.5, 0.6) is 0 Å². The number of hydrogen-bond acceptors (Lipinski definition) is 3. The van der Waals surface area contributed by atoms with E-state index in [0.29, 0.717) is 6.54 Å². The van der Waals surface area contributed by atoms with E-state index in [9.17, 15) is 0 Å². The molecule has 5 heteroatoms. The number of aromatic nitrogens is 1. The molecule has 0 aliphatic carbocycles. The zero-order valence-corrected chi connectivity index (χ0v) is 15.3. The van der Waals surface area contributed by atoms with Crippen molar-refractivity contribution in [3.05, 3.63) is 51.0 Å². The molecular formula is C18H26N4S. The second-order valence-electron chi connectivity index (χ2n) is 5.41. The van der Waals surface area contributed by atoms with Crippen molar-refractivity contribution in [3.63, 3.8) is 0 Å². The first-order valence-corrected chi connectivity index (χ1v) is 8.97. The van der Waals surface area contributed by atoms with Crippen LogP contribution in [-0.4, -0.2) is 17.5 Å². The van der Waals surface area contributed by atoms with E-state index < -0.39 is 0 Å². The molecule has 0 saturated heterocycles. The lowest BCUT2D eigenvalue weighted by atomic mass is 10.1. The number of rotatable bonds is 6. The number of thiazole rings is 1. The topological polar surface area (TPSA) is 49.3 Å². The minimum Gasteiger partial charge on any atom is -0.357 e. The zero-order valence-electron chi connectivity index (χ0n) is 14.4. The van der Waals surface area contributed by atoms with Crippen LogP contribution in [0.2, 0.25) is 0 Å². The highest BCUT2D eigenvalue weighted by molar-refractivity contribution is 7.11. The predicted molar refractivity (Wildman–Crippen MR) is 99.1 cm³/mol. The molecule has 0 atom stereocenters. The van der Waals surface area contributed by atoms with Crippen LogP contribution in [0, 0.1) is 13.8 Å². The summed E-state index contributed by atoms with van der Waals surface area (Å²) < 4.78 is 0. The summed E-state index contributed by atoms with van der Waals surface area (Å²) >= 11 is 1.74. The van der Waals surface area contributed by atoms with Gasteiger partial charge in [-0.2, -0.15) is 0 Å². The number of guanidine groups is 1. The molecule has 0 fully saturated rings. The second kappa shape index (κ2) is 8.67. The minimum absolute atomic E-state index is 0.694. The first-order chi connectivity index (χ1) is 11.1. The van der Waals surface area contributed by atoms with E-state index in [1.165, 1.54) is 16.0 Å². The third-order valence-corrected chi connectivity index (χ3v) is 4.74. The van der Waals surface area contributed by atoms with Gasteiger partial charge < -0.3 is 10.6 Å². The Hall–Kier alpha value is -1.88. The normalized spacial score (nSPS) is 11.6. The Bertz CT molecular complexity index is 661. The summed E-state index contributed by atoms with van der Waals surface area (Å²) in [5, 5.41) is 7.83. The molecule has 1 aromatic heterocycles. The van der Waals surface area contributed by atoms with Crippen molar-refractivity contribution >= 4 is 17.3 Å². The summed E-state index contributed by atoms with van der Waals surface area (Å²) in [6, 6.07) is 8.50. The van der Waals surface area contributed by atoms with Gasteiger partial charge in [-0.1, -0.05) is 31.2 Å². The first-order valence-electron chi connectivity index (χ1n) is 8.15. The average molecular weight is 331 g/mol. The molecule has 0 saturated carbocycles. The van der Waals surface area contributed by atoms with Crippen LogP contribution in [0.3, 0.4) is 0 Å². The monoisotopic (exact) mass is 330 g/mol. The fourth-order valence-electron chi connectivity index (χ4n) is 2.46. The number of benzene rings is 1. The van der Waals surface area contributed by atoms with Crippen molar-refractivity contribution in [2.24, 2.45) is 4.99 Å². The SMILES string of the molecule is CCNC(=NCc1ccccc1CC)NCc1sc(C)nc1C. The molecule has 23 heavy (non-hydrogen) atoms. The lowest BCUT2D eigenvalue weighted by molar-refractivity contribution is 0.817. The van der Waals surface area contributed by atoms with Crippen molar-refractivity contribution in [1.29, 1.82) is 0 Å². The van der Waals surface area contributed by atoms with Crippen molar-refractivity contribution in [3.8, 4) is 0 Å². The van der Waals surface area contributed by atoms with E-state index in [1.54, 1.807) is 11.3 Å². The number of aliphatic imine (C=N–C) groups is 1. The summed E-state index contributed by atoms with van der Waals surface area (Å²) in [6.45, 7) is 10.7. The van der Waals surface area contributed by atoms with E-state index in [-0.39, 0.29) is 0 Å². The molecule has 0 spiro atoms. The van der Waals surface area contributed by atoms with Crippen molar-refractivity contribution < 1.29 is 0 Å². The molecule has 2 aromatic rings. The smallest absolute Gasteiger partial charge is 0.191 e. The van der Waals surface area contributed by atoms with E-state index in [1.807, 2.05) is 6.92 Å². The lowest BCUT2D eigenvalue weighted by Crippen LogP contribution is -2.36. The molecule has 0 unspecified atom stereocenters. The highest BCUT2D eigenvalue weighted by atomic mass is 32.1. The quantitative estimate of drug-likeness (QED) is 0.629. The van der Waals surface area contributed by atoms with Crippen LogP contribution in [0.4, 0.5) is 0 Å². The molecule has 124 valence electrons. The Morgan fingerprint density at radius 3 is 2.48 bits per heavy atom. The number of nitrogens with one attached hydrogen (secondary N) is 2. The van der Waals surface area contributed by atoms with Gasteiger partial charge in [-0.15, -0.1) is 11.3 Å². The van der Waals surface area contributed by atoms with Crippen molar-refractivity contribution in [2.75, 3.05) is 6.54 Å². The zero-order chi connectivity index (χ0) is 16.7. The summed E-state index contributed by atoms with van der Waals surface area (Å²) in [5.74, 6) is 0.851. The molecule has 0 aliphatic heterocycles. The largest absolute Gasteiger partial charge is 0.357 e. The first kappa shape index (κ1) is 17.5. The Morgan fingerprint density at radius 2 is 1.87 bits per heavy atom. The number of hydrogen-bond donors (Lipinski definition) is 2. The highest BCUT2D eigenvalue weighted by Gasteiger charge is 2.06. The van der Waals surface area contributed by atoms with Gasteiger partial charge in [0.1, 0.15) is 0 Å². The van der Waals surface area contributed by atoms with E-state index >= 15 is 0 Å². The highest BCUT2D eigenvalue weighted by Crippen LogP contribution is 2.16. The maximum absolute atomic E-state index is 4.72. The summed E-state index contributed by atoms with van der Waals surface area (Å²) in [6.07, 6.45) is 1.04. The predicted octanol–water partition coefficient (Wildman–Crippen LogP) is 3.58. The third kappa shape index (κ3) is 5.06. The van der Waals surface area contributed by atoms with Crippen LogP contribution < -0.4 is 10.6 Å². The molecule has 0 bridgehead atoms. The lowest BCUT2D eigenvalue weighted by Gasteiger charge is -2.11. The van der Waals surface area contributed by atoms with Gasteiger partial charge in [0.05, 0.1) is 23.8 Å². The van der Waals surface area contributed by atoms with E-state index in [4.69, 9.17) is 4.99 Å². The summed E-state index contributed by atoms with van der Waals surface area (Å²) in [5.41, 5.74) is 3.75. The van der Waals surface area contributed by atoms with Gasteiger partial charge in [-0.05, 0) is 38.3 Å². The van der Waals surface area contributed by atoms with Gasteiger partial charge in [0.25, 0.3) is 0 Å². The molecule has 1 aromatic carbocycles. The average Bonchev–Trinajstić information content (AvgIpc) is 2.88. The van der Waals surface area contributed by atoms with Crippen LogP contribution in [-0.2, 0) is 19.5 Å². The van der Waals surface area contributed by atoms with Crippen LogP contribution in [0.25, 0.3) is 0 Å². The van der Waals surface area contributed by atoms with Crippen molar-refractivity contribution in [2.45, 2.75) is 47.2 Å². The van der Waals surface area contributed by atoms with Crippen LogP contribution in [0.15, 0.2) is 29.3 Å². The van der Waals surface area contributed by atoms with Crippen LogP contribution >= 0.6 is 11.3 Å². The molecule has 0 aliphatic rings. The molecule has 2 rings (SSSR count). The van der Waals surface area contributed by atoms with Gasteiger partial charge in [0.15, 0.2) is 5.96 Å². The van der Waals surface area contributed by atoms with E-state index in [0.717, 1.165) is 36.2 Å². The summed E-state index contributed by atoms with van der Waals surface area (Å²) in [4.78, 5) is 10.5. The Labute approximate surface area is 143 Å². The maximum Gasteiger partial charge on any atom is 0.191 e. The molecular weight excluding hydrogens is 304 g/mol. The van der Waals surface area contributed by atoms with Crippen molar-refractivity contribution in [1.82, 2.24) is 15.6 Å². The maximum atomic E-state index is 4.72. The Kier molecular flexibility index (Phi) is 6.59. The molecule has 2 N–H and O–H groups in total. The van der Waals surface area contributed by atoms with Gasteiger partial charge in [-0.3, -0.25) is 0 Å². The molecule has 4 nitrogen and oxygen atoms in total. The summed E-state index contributed by atoms with van der Waals surface area (Å²) in [7, 11) is 0. The Morgan fingerprint density at radius 1 is 1.13 bits per heavy atom. The second-order valence-corrected chi connectivity index (χ2v) is 6.70. The number of nitrogens with zero attached hydrogens (tertiary/aromatic N) is 2. The molecule has 0 amide bonds.